The summed E-state index contributed by atoms with van der Waals surface area (Å²) in [6, 6.07) is 9.35. The molecule has 0 saturated heterocycles. The highest BCUT2D eigenvalue weighted by Gasteiger charge is 2.18. The number of carboxylic acid groups (broad SMARTS) is 1. The third-order valence-electron chi connectivity index (χ3n) is 3.20. The quantitative estimate of drug-likeness (QED) is 0.798. The minimum absolute atomic E-state index is 0.0262. The second-order valence-electron chi connectivity index (χ2n) is 4.65. The molecule has 0 fully saturated rings. The first kappa shape index (κ1) is 13.1. The number of hydrogen-bond donors (Lipinski definition) is 1. The summed E-state index contributed by atoms with van der Waals surface area (Å²) < 4.78 is 6.70. The zero-order chi connectivity index (χ0) is 15.0. The van der Waals surface area contributed by atoms with Crippen LogP contribution in [0.1, 0.15) is 16.1 Å². The second kappa shape index (κ2) is 4.90. The molecule has 1 aromatic carbocycles. The van der Waals surface area contributed by atoms with E-state index in [-0.39, 0.29) is 5.69 Å². The number of nitrogens with zero attached hydrogens (tertiary/aromatic N) is 3. The number of methoxy groups -OCH3 is 1. The summed E-state index contributed by atoms with van der Waals surface area (Å²) in [7, 11) is 1.51. The van der Waals surface area contributed by atoms with Crippen molar-refractivity contribution < 1.29 is 14.6 Å². The van der Waals surface area contributed by atoms with Crippen molar-refractivity contribution in [2.75, 3.05) is 7.11 Å². The van der Waals surface area contributed by atoms with Gasteiger partial charge in [-0.15, -0.1) is 0 Å². The van der Waals surface area contributed by atoms with Crippen molar-refractivity contribution in [2.45, 2.75) is 6.92 Å². The Kier molecular flexibility index (Phi) is 3.06. The average molecular weight is 283 g/mol. The van der Waals surface area contributed by atoms with E-state index in [1.807, 2.05) is 31.2 Å². The number of pyridine rings is 1. The maximum Gasteiger partial charge on any atom is 0.357 e. The SMILES string of the molecule is COc1cc2c(cn1)c(C(=O)O)nn2-c1cccc(C)c1. The van der Waals surface area contributed by atoms with E-state index in [1.165, 1.54) is 13.3 Å². The molecule has 2 heterocycles. The van der Waals surface area contributed by atoms with Crippen molar-refractivity contribution >= 4 is 16.9 Å². The molecule has 0 aliphatic heterocycles. The zero-order valence-corrected chi connectivity index (χ0v) is 11.6. The minimum atomic E-state index is -1.08. The second-order valence-corrected chi connectivity index (χ2v) is 4.65. The predicted molar refractivity (Wildman–Crippen MR) is 77.1 cm³/mol. The molecule has 1 N–H and O–H groups in total. The molecule has 0 aliphatic rings. The summed E-state index contributed by atoms with van der Waals surface area (Å²) in [4.78, 5) is 15.4. The molecule has 3 rings (SSSR count). The van der Waals surface area contributed by atoms with Gasteiger partial charge in [-0.3, -0.25) is 0 Å². The molecule has 0 amide bonds. The highest BCUT2D eigenvalue weighted by Crippen LogP contribution is 2.24. The van der Waals surface area contributed by atoms with E-state index in [4.69, 9.17) is 4.74 Å². The van der Waals surface area contributed by atoms with Crippen LogP contribution in [0.3, 0.4) is 0 Å². The third kappa shape index (κ3) is 2.20. The van der Waals surface area contributed by atoms with E-state index in [0.29, 0.717) is 16.8 Å². The molecule has 0 spiro atoms. The highest BCUT2D eigenvalue weighted by atomic mass is 16.5. The van der Waals surface area contributed by atoms with Gasteiger partial charge in [-0.05, 0) is 24.6 Å². The Hall–Kier alpha value is -2.89. The molecule has 3 aromatic rings. The molecule has 106 valence electrons. The van der Waals surface area contributed by atoms with Gasteiger partial charge in [-0.2, -0.15) is 5.10 Å². The Bertz CT molecular complexity index is 839. The van der Waals surface area contributed by atoms with E-state index in [9.17, 15) is 9.90 Å². The minimum Gasteiger partial charge on any atom is -0.481 e. The molecule has 6 heteroatoms. The van der Waals surface area contributed by atoms with Crippen molar-refractivity contribution in [1.29, 1.82) is 0 Å². The molecular formula is C15H13N3O3. The lowest BCUT2D eigenvalue weighted by molar-refractivity contribution is 0.0692. The lowest BCUT2D eigenvalue weighted by atomic mass is 10.2. The molecule has 0 atom stereocenters. The molecule has 0 aliphatic carbocycles. The molecule has 0 saturated carbocycles. The van der Waals surface area contributed by atoms with Gasteiger partial charge in [0, 0.05) is 12.3 Å². The fourth-order valence-corrected chi connectivity index (χ4v) is 2.22. The van der Waals surface area contributed by atoms with Crippen LogP contribution in [0.4, 0.5) is 0 Å². The van der Waals surface area contributed by atoms with Gasteiger partial charge in [-0.1, -0.05) is 12.1 Å². The average Bonchev–Trinajstić information content (AvgIpc) is 2.86. The van der Waals surface area contributed by atoms with E-state index in [1.54, 1.807) is 10.7 Å². The van der Waals surface area contributed by atoms with Gasteiger partial charge in [0.15, 0.2) is 5.69 Å². The van der Waals surface area contributed by atoms with Crippen LogP contribution in [0.5, 0.6) is 5.88 Å². The Morgan fingerprint density at radius 1 is 1.33 bits per heavy atom. The maximum atomic E-state index is 11.3. The number of aromatic carboxylic acids is 1. The maximum absolute atomic E-state index is 11.3. The Labute approximate surface area is 120 Å². The third-order valence-corrected chi connectivity index (χ3v) is 3.20. The molecule has 21 heavy (non-hydrogen) atoms. The van der Waals surface area contributed by atoms with Gasteiger partial charge < -0.3 is 9.84 Å². The Morgan fingerprint density at radius 3 is 2.81 bits per heavy atom. The lowest BCUT2D eigenvalue weighted by Crippen LogP contribution is -2.01. The molecule has 0 bridgehead atoms. The topological polar surface area (TPSA) is 77.2 Å². The first-order valence-electron chi connectivity index (χ1n) is 6.33. The molecule has 0 unspecified atom stereocenters. The highest BCUT2D eigenvalue weighted by molar-refractivity contribution is 6.01. The van der Waals surface area contributed by atoms with Crippen LogP contribution in [-0.4, -0.2) is 33.0 Å². The summed E-state index contributed by atoms with van der Waals surface area (Å²) in [6.45, 7) is 1.97. The van der Waals surface area contributed by atoms with Crippen molar-refractivity contribution in [3.05, 3.63) is 47.8 Å². The van der Waals surface area contributed by atoms with Crippen LogP contribution in [-0.2, 0) is 0 Å². The standard InChI is InChI=1S/C15H13N3O3/c1-9-4-3-5-10(6-9)18-12-7-13(21-2)16-8-11(12)14(17-18)15(19)20/h3-8H,1-2H3,(H,19,20). The largest absolute Gasteiger partial charge is 0.481 e. The number of hydrogen-bond acceptors (Lipinski definition) is 4. The Balaban J connectivity index is 2.33. The van der Waals surface area contributed by atoms with E-state index < -0.39 is 5.97 Å². The van der Waals surface area contributed by atoms with Crippen LogP contribution < -0.4 is 4.74 Å². The fourth-order valence-electron chi connectivity index (χ4n) is 2.22. The smallest absolute Gasteiger partial charge is 0.357 e. The van der Waals surface area contributed by atoms with Crippen molar-refractivity contribution in [3.63, 3.8) is 0 Å². The van der Waals surface area contributed by atoms with E-state index in [2.05, 4.69) is 10.1 Å². The molecule has 2 aromatic heterocycles. The van der Waals surface area contributed by atoms with Crippen molar-refractivity contribution in [3.8, 4) is 11.6 Å². The van der Waals surface area contributed by atoms with Gasteiger partial charge in [0.1, 0.15) is 0 Å². The number of ether oxygens (including phenoxy) is 1. The number of carbonyl (C=O) groups is 1. The molecular weight excluding hydrogens is 270 g/mol. The number of aryl methyl sites for hydroxylation is 1. The number of aromatic nitrogens is 3. The lowest BCUT2D eigenvalue weighted by Gasteiger charge is -2.05. The summed E-state index contributed by atoms with van der Waals surface area (Å²) in [5.41, 5.74) is 2.47. The summed E-state index contributed by atoms with van der Waals surface area (Å²) in [5, 5.41) is 14.0. The summed E-state index contributed by atoms with van der Waals surface area (Å²) in [6.07, 6.45) is 1.47. The Morgan fingerprint density at radius 2 is 2.14 bits per heavy atom. The van der Waals surface area contributed by atoms with Crippen LogP contribution in [0, 0.1) is 6.92 Å². The fraction of sp³-hybridized carbons (Fsp3) is 0.133. The monoisotopic (exact) mass is 283 g/mol. The summed E-state index contributed by atoms with van der Waals surface area (Å²) >= 11 is 0. The zero-order valence-electron chi connectivity index (χ0n) is 11.6. The van der Waals surface area contributed by atoms with Gasteiger partial charge >= 0.3 is 5.97 Å². The summed E-state index contributed by atoms with van der Waals surface area (Å²) in [5.74, 6) is -0.674. The molecule has 6 nitrogen and oxygen atoms in total. The van der Waals surface area contributed by atoms with Gasteiger partial charge in [0.05, 0.1) is 23.7 Å². The van der Waals surface area contributed by atoms with Crippen LogP contribution in [0.2, 0.25) is 0 Å². The number of carboxylic acids is 1. The van der Waals surface area contributed by atoms with Crippen LogP contribution in [0.25, 0.3) is 16.6 Å². The van der Waals surface area contributed by atoms with Gasteiger partial charge in [0.2, 0.25) is 5.88 Å². The number of fused-ring (bicyclic) bond motifs is 1. The van der Waals surface area contributed by atoms with Crippen molar-refractivity contribution in [1.82, 2.24) is 14.8 Å². The first-order valence-corrected chi connectivity index (χ1v) is 6.33. The van der Waals surface area contributed by atoms with E-state index in [0.717, 1.165) is 11.3 Å². The molecule has 0 radical (unpaired) electrons. The normalized spacial score (nSPS) is 10.8. The van der Waals surface area contributed by atoms with Crippen LogP contribution in [0.15, 0.2) is 36.5 Å². The predicted octanol–water partition coefficient (Wildman–Crippen LogP) is 2.44. The van der Waals surface area contributed by atoms with Crippen LogP contribution >= 0.6 is 0 Å². The number of rotatable bonds is 3. The first-order chi connectivity index (χ1) is 10.1. The van der Waals surface area contributed by atoms with E-state index >= 15 is 0 Å². The van der Waals surface area contributed by atoms with Crippen molar-refractivity contribution in [2.24, 2.45) is 0 Å². The van der Waals surface area contributed by atoms with Gasteiger partial charge in [0.25, 0.3) is 0 Å². The van der Waals surface area contributed by atoms with Gasteiger partial charge in [-0.25, -0.2) is 14.5 Å². The number of benzene rings is 1.